The van der Waals surface area contributed by atoms with E-state index < -0.39 is 0 Å². The molecule has 0 saturated carbocycles. The molecule has 0 atom stereocenters. The Bertz CT molecular complexity index is 332. The average Bonchev–Trinajstić information content (AvgIpc) is 2.17. The van der Waals surface area contributed by atoms with E-state index in [1.807, 2.05) is 0 Å². The number of aldehydes is 1. The maximum Gasteiger partial charge on any atom is 0.142 e. The first-order chi connectivity index (χ1) is 6.27. The summed E-state index contributed by atoms with van der Waals surface area (Å²) < 4.78 is 17.9. The Balaban J connectivity index is 3.03. The van der Waals surface area contributed by atoms with E-state index in [1.54, 1.807) is 0 Å². The summed E-state index contributed by atoms with van der Waals surface area (Å²) in [6, 6.07) is 4.34. The van der Waals surface area contributed by atoms with E-state index in [0.717, 1.165) is 0 Å². The van der Waals surface area contributed by atoms with Crippen LogP contribution in [0.3, 0.4) is 0 Å². The lowest BCUT2D eigenvalue weighted by Gasteiger charge is -2.01. The summed E-state index contributed by atoms with van der Waals surface area (Å²) in [7, 11) is 1.50. The molecule has 68 valence electrons. The summed E-state index contributed by atoms with van der Waals surface area (Å²) in [5, 5.41) is 0. The molecule has 0 radical (unpaired) electrons. The number of carbonyl (C=O) groups is 1. The number of hydrogen-bond donors (Lipinski definition) is 0. The van der Waals surface area contributed by atoms with Crippen LogP contribution in [0, 0.1) is 5.82 Å². The van der Waals surface area contributed by atoms with Crippen molar-refractivity contribution in [2.45, 2.75) is 0 Å². The number of methoxy groups -OCH3 is 1. The second-order valence-electron chi connectivity index (χ2n) is 2.38. The first kappa shape index (κ1) is 9.45. The Morgan fingerprint density at radius 2 is 2.23 bits per heavy atom. The van der Waals surface area contributed by atoms with Crippen molar-refractivity contribution in [3.05, 3.63) is 35.7 Å². The molecule has 0 amide bonds. The lowest BCUT2D eigenvalue weighted by molar-refractivity contribution is -0.104. The minimum absolute atomic E-state index is 0.339. The van der Waals surface area contributed by atoms with Gasteiger partial charge in [0, 0.05) is 5.56 Å². The van der Waals surface area contributed by atoms with Crippen LogP contribution in [0.4, 0.5) is 4.39 Å². The third kappa shape index (κ3) is 2.40. The molecule has 0 N–H and O–H groups in total. The zero-order valence-corrected chi connectivity index (χ0v) is 7.16. The van der Waals surface area contributed by atoms with E-state index in [9.17, 15) is 9.18 Å². The summed E-state index contributed by atoms with van der Waals surface area (Å²) in [6.07, 6.45) is 3.22. The molecule has 0 heterocycles. The molecule has 0 fully saturated rings. The molecule has 0 spiro atoms. The van der Waals surface area contributed by atoms with Crippen LogP contribution in [-0.2, 0) is 4.79 Å². The minimum atomic E-state index is -0.376. The highest BCUT2D eigenvalue weighted by atomic mass is 19.1. The molecule has 3 heteroatoms. The normalized spacial score (nSPS) is 10.3. The molecule has 0 aromatic heterocycles. The summed E-state index contributed by atoms with van der Waals surface area (Å²) in [5.74, 6) is 0.186. The van der Waals surface area contributed by atoms with Gasteiger partial charge < -0.3 is 4.74 Å². The Labute approximate surface area is 75.6 Å². The number of benzene rings is 1. The highest BCUT2D eigenvalue weighted by Crippen LogP contribution is 2.17. The van der Waals surface area contributed by atoms with Crippen LogP contribution in [-0.4, -0.2) is 13.4 Å². The zero-order valence-electron chi connectivity index (χ0n) is 7.16. The van der Waals surface area contributed by atoms with Crippen LogP contribution in [0.25, 0.3) is 6.08 Å². The first-order valence-corrected chi connectivity index (χ1v) is 3.73. The Morgan fingerprint density at radius 1 is 1.46 bits per heavy atom. The largest absolute Gasteiger partial charge is 0.497 e. The fourth-order valence-corrected chi connectivity index (χ4v) is 0.919. The fourth-order valence-electron chi connectivity index (χ4n) is 0.919. The number of carbonyl (C=O) groups excluding carboxylic acids is 1. The molecule has 0 aliphatic rings. The topological polar surface area (TPSA) is 26.3 Å². The Morgan fingerprint density at radius 3 is 2.85 bits per heavy atom. The predicted molar refractivity (Wildman–Crippen MR) is 48.1 cm³/mol. The summed E-state index contributed by atoms with van der Waals surface area (Å²) >= 11 is 0. The quantitative estimate of drug-likeness (QED) is 0.525. The number of ether oxygens (including phenoxy) is 1. The van der Waals surface area contributed by atoms with Crippen LogP contribution >= 0.6 is 0 Å². The van der Waals surface area contributed by atoms with Gasteiger partial charge in [0.1, 0.15) is 17.9 Å². The average molecular weight is 180 g/mol. The highest BCUT2D eigenvalue weighted by molar-refractivity contribution is 5.74. The van der Waals surface area contributed by atoms with Crippen LogP contribution in [0.1, 0.15) is 5.56 Å². The van der Waals surface area contributed by atoms with E-state index in [2.05, 4.69) is 0 Å². The van der Waals surface area contributed by atoms with Crippen molar-refractivity contribution >= 4 is 12.4 Å². The van der Waals surface area contributed by atoms with Crippen molar-refractivity contribution in [3.63, 3.8) is 0 Å². The van der Waals surface area contributed by atoms with Crippen molar-refractivity contribution in [1.29, 1.82) is 0 Å². The molecule has 13 heavy (non-hydrogen) atoms. The third-order valence-corrected chi connectivity index (χ3v) is 1.56. The lowest BCUT2D eigenvalue weighted by Crippen LogP contribution is -1.86. The van der Waals surface area contributed by atoms with Gasteiger partial charge in [0.2, 0.25) is 0 Å². The van der Waals surface area contributed by atoms with E-state index in [-0.39, 0.29) is 5.82 Å². The van der Waals surface area contributed by atoms with Crippen molar-refractivity contribution in [2.75, 3.05) is 7.11 Å². The van der Waals surface area contributed by atoms with Gasteiger partial charge in [0.15, 0.2) is 0 Å². The number of rotatable bonds is 3. The van der Waals surface area contributed by atoms with Gasteiger partial charge in [-0.25, -0.2) is 4.39 Å². The number of allylic oxidation sites excluding steroid dienone is 1. The van der Waals surface area contributed by atoms with Crippen molar-refractivity contribution in [2.24, 2.45) is 0 Å². The lowest BCUT2D eigenvalue weighted by atomic mass is 10.2. The summed E-state index contributed by atoms with van der Waals surface area (Å²) in [4.78, 5) is 10.0. The first-order valence-electron chi connectivity index (χ1n) is 3.73. The fraction of sp³-hybridized carbons (Fsp3) is 0.100. The van der Waals surface area contributed by atoms with Crippen LogP contribution in [0.2, 0.25) is 0 Å². The van der Waals surface area contributed by atoms with Gasteiger partial charge in [0.05, 0.1) is 7.11 Å². The molecular formula is C10H9FO2. The molecule has 0 aliphatic heterocycles. The van der Waals surface area contributed by atoms with Gasteiger partial charge in [-0.3, -0.25) is 4.79 Å². The van der Waals surface area contributed by atoms with Crippen molar-refractivity contribution in [3.8, 4) is 5.75 Å². The number of hydrogen-bond acceptors (Lipinski definition) is 2. The van der Waals surface area contributed by atoms with Gasteiger partial charge in [-0.05, 0) is 30.4 Å². The molecule has 1 rings (SSSR count). The molecular weight excluding hydrogens is 171 g/mol. The maximum absolute atomic E-state index is 13.0. The van der Waals surface area contributed by atoms with E-state index in [0.29, 0.717) is 17.6 Å². The maximum atomic E-state index is 13.0. The van der Waals surface area contributed by atoms with Gasteiger partial charge in [-0.1, -0.05) is 0 Å². The molecule has 2 nitrogen and oxygen atoms in total. The standard InChI is InChI=1S/C10H9FO2/c1-13-9-4-5-10(11)8(7-9)3-2-6-12/h2-7H,1H3/b3-2+. The van der Waals surface area contributed by atoms with Gasteiger partial charge in [0.25, 0.3) is 0 Å². The van der Waals surface area contributed by atoms with Gasteiger partial charge in [-0.2, -0.15) is 0 Å². The third-order valence-electron chi connectivity index (χ3n) is 1.56. The molecule has 1 aromatic rings. The number of halogens is 1. The van der Waals surface area contributed by atoms with Crippen LogP contribution in [0.15, 0.2) is 24.3 Å². The molecule has 0 aliphatic carbocycles. The van der Waals surface area contributed by atoms with Crippen LogP contribution < -0.4 is 4.74 Å². The monoisotopic (exact) mass is 180 g/mol. The molecule has 0 saturated heterocycles. The summed E-state index contributed by atoms with van der Waals surface area (Å²) in [6.45, 7) is 0. The van der Waals surface area contributed by atoms with Crippen molar-refractivity contribution in [1.82, 2.24) is 0 Å². The van der Waals surface area contributed by atoms with Crippen molar-refractivity contribution < 1.29 is 13.9 Å². The van der Waals surface area contributed by atoms with E-state index in [4.69, 9.17) is 4.74 Å². The molecule has 1 aromatic carbocycles. The second kappa shape index (κ2) is 4.40. The Kier molecular flexibility index (Phi) is 3.20. The van der Waals surface area contributed by atoms with E-state index >= 15 is 0 Å². The zero-order chi connectivity index (χ0) is 9.68. The molecule has 0 unspecified atom stereocenters. The van der Waals surface area contributed by atoms with E-state index in [1.165, 1.54) is 37.5 Å². The SMILES string of the molecule is COc1ccc(F)c(/C=C/C=O)c1. The smallest absolute Gasteiger partial charge is 0.142 e. The van der Waals surface area contributed by atoms with Crippen LogP contribution in [0.5, 0.6) is 5.75 Å². The highest BCUT2D eigenvalue weighted by Gasteiger charge is 1.99. The van der Waals surface area contributed by atoms with Gasteiger partial charge in [-0.15, -0.1) is 0 Å². The minimum Gasteiger partial charge on any atom is -0.497 e. The second-order valence-corrected chi connectivity index (χ2v) is 2.38. The summed E-state index contributed by atoms with van der Waals surface area (Å²) in [5.41, 5.74) is 0.339. The molecule has 0 bridgehead atoms. The van der Waals surface area contributed by atoms with Gasteiger partial charge >= 0.3 is 0 Å². The Hall–Kier alpha value is -1.64. The predicted octanol–water partition coefficient (Wildman–Crippen LogP) is 2.05.